The number of carbonyl (C=O) groups excluding carboxylic acids is 2. The van der Waals surface area contributed by atoms with Gasteiger partial charge in [-0.15, -0.1) is 0 Å². The lowest BCUT2D eigenvalue weighted by Gasteiger charge is -2.29. The molecule has 4 aliphatic heterocycles. The summed E-state index contributed by atoms with van der Waals surface area (Å²) in [6.45, 7) is 10.3. The Hall–Kier alpha value is -4.17. The standard InChI is InChI=1S/C17H23N3O4.C12H13BrN2O4.C5H11N.C2H3N/c21-17(19-8-10-24-11-9-19)13-14-4-5-15(20(22)23)16(12-14)18-6-2-1-3-7-18;13-10-7-9(1-2-11(10)15(17)18)8-12(16)14-3-5-19-6-4-14;1-2-4-6-5-3-1;1-2-3/h4-5,12H,1-3,6-11,13H2;1-2,7H,3-6,8H2;6H,1-5H2;1H3. The number of rotatable bonds is 7. The Morgan fingerprint density at radius 3 is 1.60 bits per heavy atom. The quantitative estimate of drug-likeness (QED) is 0.293. The zero-order valence-electron chi connectivity index (χ0n) is 29.9. The summed E-state index contributed by atoms with van der Waals surface area (Å²) in [5.41, 5.74) is 2.36. The number of piperidine rings is 2. The molecule has 0 aromatic heterocycles. The molecule has 4 saturated heterocycles. The largest absolute Gasteiger partial charge is 0.378 e. The summed E-state index contributed by atoms with van der Waals surface area (Å²) in [4.78, 5) is 51.3. The number of nitro benzene ring substituents is 2. The van der Waals surface area contributed by atoms with Gasteiger partial charge in [0.1, 0.15) is 5.69 Å². The van der Waals surface area contributed by atoms with Crippen molar-refractivity contribution in [2.24, 2.45) is 0 Å². The van der Waals surface area contributed by atoms with Gasteiger partial charge in [-0.1, -0.05) is 18.6 Å². The number of nitro groups is 2. The molecule has 0 atom stereocenters. The third-order valence-corrected chi connectivity index (χ3v) is 9.42. The van der Waals surface area contributed by atoms with E-state index >= 15 is 0 Å². The van der Waals surface area contributed by atoms with E-state index in [1.807, 2.05) is 6.07 Å². The highest BCUT2D eigenvalue weighted by Gasteiger charge is 2.24. The van der Waals surface area contributed by atoms with Crippen LogP contribution < -0.4 is 10.2 Å². The van der Waals surface area contributed by atoms with E-state index in [0.717, 1.165) is 37.1 Å². The van der Waals surface area contributed by atoms with Gasteiger partial charge in [0.2, 0.25) is 11.8 Å². The topological polar surface area (TPSA) is 184 Å². The molecule has 4 aliphatic rings. The van der Waals surface area contributed by atoms with Gasteiger partial charge in [0.25, 0.3) is 11.4 Å². The van der Waals surface area contributed by atoms with Crippen LogP contribution >= 0.6 is 15.9 Å². The number of nitrogens with one attached hydrogen (secondary N) is 1. The summed E-state index contributed by atoms with van der Waals surface area (Å²) in [7, 11) is 0. The highest BCUT2D eigenvalue weighted by atomic mass is 79.9. The van der Waals surface area contributed by atoms with Crippen molar-refractivity contribution in [2.75, 3.05) is 83.7 Å². The Balaban J connectivity index is 0.000000230. The number of hydrogen-bond acceptors (Lipinski definition) is 11. The zero-order valence-corrected chi connectivity index (χ0v) is 31.5. The van der Waals surface area contributed by atoms with E-state index in [9.17, 15) is 29.8 Å². The minimum atomic E-state index is -0.461. The van der Waals surface area contributed by atoms with E-state index in [1.165, 1.54) is 57.8 Å². The van der Waals surface area contributed by atoms with Gasteiger partial charge >= 0.3 is 0 Å². The zero-order chi connectivity index (χ0) is 37.7. The van der Waals surface area contributed by atoms with Crippen molar-refractivity contribution in [3.05, 3.63) is 72.2 Å². The molecule has 4 fully saturated rings. The van der Waals surface area contributed by atoms with E-state index in [1.54, 1.807) is 34.1 Å². The van der Waals surface area contributed by atoms with Gasteiger partial charge in [-0.3, -0.25) is 29.8 Å². The van der Waals surface area contributed by atoms with Gasteiger partial charge in [0, 0.05) is 58.3 Å². The molecule has 4 heterocycles. The van der Waals surface area contributed by atoms with Crippen LogP contribution in [0.25, 0.3) is 0 Å². The molecule has 0 aliphatic carbocycles. The van der Waals surface area contributed by atoms with E-state index in [0.29, 0.717) is 62.8 Å². The minimum Gasteiger partial charge on any atom is -0.378 e. The maximum Gasteiger partial charge on any atom is 0.292 e. The fourth-order valence-corrected chi connectivity index (χ4v) is 6.60. The van der Waals surface area contributed by atoms with Crippen LogP contribution in [-0.4, -0.2) is 110 Å². The maximum absolute atomic E-state index is 12.4. The molecular weight excluding hydrogens is 738 g/mol. The van der Waals surface area contributed by atoms with Crippen LogP contribution in [0.5, 0.6) is 0 Å². The molecule has 15 nitrogen and oxygen atoms in total. The highest BCUT2D eigenvalue weighted by molar-refractivity contribution is 9.10. The van der Waals surface area contributed by atoms with Gasteiger partial charge in [-0.05, 0) is 84.4 Å². The van der Waals surface area contributed by atoms with Crippen LogP contribution in [0.1, 0.15) is 56.6 Å². The van der Waals surface area contributed by atoms with Crippen molar-refractivity contribution >= 4 is 44.8 Å². The molecule has 0 saturated carbocycles. The second-order valence-electron chi connectivity index (χ2n) is 12.5. The van der Waals surface area contributed by atoms with Gasteiger partial charge in [0.05, 0.1) is 59.7 Å². The fourth-order valence-electron chi connectivity index (χ4n) is 6.03. The number of nitrogens with zero attached hydrogens (tertiary/aromatic N) is 6. The summed E-state index contributed by atoms with van der Waals surface area (Å²) >= 11 is 3.15. The highest BCUT2D eigenvalue weighted by Crippen LogP contribution is 2.32. The average Bonchev–Trinajstić information content (AvgIpc) is 3.17. The average molecular weight is 789 g/mol. The number of morpholine rings is 2. The Morgan fingerprint density at radius 2 is 1.19 bits per heavy atom. The molecule has 16 heteroatoms. The lowest BCUT2D eigenvalue weighted by molar-refractivity contribution is -0.385. The third kappa shape index (κ3) is 14.5. The fraction of sp³-hybridized carbons (Fsp3) is 0.583. The number of amides is 2. The lowest BCUT2D eigenvalue weighted by atomic mass is 10.1. The first kappa shape index (κ1) is 42.2. The van der Waals surface area contributed by atoms with Crippen LogP contribution in [0.2, 0.25) is 0 Å². The molecule has 0 radical (unpaired) electrons. The van der Waals surface area contributed by atoms with Gasteiger partial charge in [-0.2, -0.15) is 5.26 Å². The molecule has 1 N–H and O–H groups in total. The first-order valence-electron chi connectivity index (χ1n) is 17.8. The van der Waals surface area contributed by atoms with Crippen molar-refractivity contribution in [1.82, 2.24) is 15.1 Å². The molecular formula is C36H50BrN7O8. The number of halogens is 1. The van der Waals surface area contributed by atoms with E-state index < -0.39 is 4.92 Å². The second kappa shape index (κ2) is 23.4. The number of carbonyl (C=O) groups is 2. The van der Waals surface area contributed by atoms with Gasteiger partial charge in [0.15, 0.2) is 0 Å². The summed E-state index contributed by atoms with van der Waals surface area (Å²) in [6.07, 6.45) is 8.00. The normalized spacial score (nSPS) is 17.1. The van der Waals surface area contributed by atoms with Crippen molar-refractivity contribution in [1.29, 1.82) is 5.26 Å². The van der Waals surface area contributed by atoms with E-state index in [-0.39, 0.29) is 41.0 Å². The van der Waals surface area contributed by atoms with Crippen molar-refractivity contribution < 1.29 is 28.9 Å². The molecule has 0 bridgehead atoms. The van der Waals surface area contributed by atoms with Crippen molar-refractivity contribution in [3.8, 4) is 6.07 Å². The third-order valence-electron chi connectivity index (χ3n) is 8.79. The summed E-state index contributed by atoms with van der Waals surface area (Å²) in [6, 6.07) is 11.4. The minimum absolute atomic E-state index is 0.00238. The smallest absolute Gasteiger partial charge is 0.292 e. The Labute approximate surface area is 313 Å². The summed E-state index contributed by atoms with van der Waals surface area (Å²) < 4.78 is 10.8. The second-order valence-corrected chi connectivity index (χ2v) is 13.4. The van der Waals surface area contributed by atoms with Crippen LogP contribution in [0.3, 0.4) is 0 Å². The van der Waals surface area contributed by atoms with Crippen LogP contribution in [0.15, 0.2) is 40.9 Å². The Morgan fingerprint density at radius 1 is 0.750 bits per heavy atom. The molecule has 2 aromatic carbocycles. The number of nitriles is 1. The molecule has 0 spiro atoms. The molecule has 2 aromatic rings. The van der Waals surface area contributed by atoms with Crippen LogP contribution in [0, 0.1) is 31.6 Å². The van der Waals surface area contributed by atoms with Crippen LogP contribution in [-0.2, 0) is 31.9 Å². The molecule has 284 valence electrons. The predicted octanol–water partition coefficient (Wildman–Crippen LogP) is 5.03. The van der Waals surface area contributed by atoms with Gasteiger partial charge < -0.3 is 29.5 Å². The SMILES string of the molecule is C1CCNCC1.CC#N.O=C(Cc1ccc([N+](=O)[O-])c(Br)c1)N1CCOCC1.O=C(Cc1ccc([N+](=O)[O-])c(N2CCCCC2)c1)N1CCOCC1. The summed E-state index contributed by atoms with van der Waals surface area (Å²) in [5, 5.41) is 32.6. The monoisotopic (exact) mass is 787 g/mol. The number of ether oxygens (including phenoxy) is 2. The lowest BCUT2D eigenvalue weighted by Crippen LogP contribution is -2.41. The Bertz CT molecular complexity index is 1490. The molecule has 0 unspecified atom stereocenters. The Kier molecular flexibility index (Phi) is 19.0. The molecule has 6 rings (SSSR count). The number of anilines is 1. The van der Waals surface area contributed by atoms with E-state index in [2.05, 4.69) is 26.1 Å². The molecule has 2 amide bonds. The molecule has 52 heavy (non-hydrogen) atoms. The summed E-state index contributed by atoms with van der Waals surface area (Å²) in [5.74, 6) is 0.0702. The maximum atomic E-state index is 12.4. The predicted molar refractivity (Wildman–Crippen MR) is 200 cm³/mol. The first-order valence-corrected chi connectivity index (χ1v) is 18.6. The number of hydrogen-bond donors (Lipinski definition) is 1. The van der Waals surface area contributed by atoms with E-state index in [4.69, 9.17) is 14.7 Å². The van der Waals surface area contributed by atoms with Gasteiger partial charge in [-0.25, -0.2) is 0 Å². The van der Waals surface area contributed by atoms with Crippen LogP contribution in [0.4, 0.5) is 17.1 Å². The number of benzene rings is 2. The van der Waals surface area contributed by atoms with Crippen molar-refractivity contribution in [2.45, 2.75) is 58.3 Å². The van der Waals surface area contributed by atoms with Crippen molar-refractivity contribution in [3.63, 3.8) is 0 Å². The first-order chi connectivity index (χ1) is 25.1.